The zero-order valence-corrected chi connectivity index (χ0v) is 47.4. The van der Waals surface area contributed by atoms with E-state index in [-0.39, 0.29) is 69.2 Å². The molecule has 23 heteroatoms. The van der Waals surface area contributed by atoms with Crippen molar-refractivity contribution in [3.63, 3.8) is 0 Å². The van der Waals surface area contributed by atoms with E-state index in [0.717, 1.165) is 51.7 Å². The molecule has 2 aliphatic rings. The Balaban J connectivity index is 0.757. The van der Waals surface area contributed by atoms with E-state index in [1.807, 2.05) is 83.1 Å². The smallest absolute Gasteiger partial charge is 0.246 e. The number of anilines is 5. The molecule has 7 N–H and O–H groups in total. The summed E-state index contributed by atoms with van der Waals surface area (Å²) < 4.78 is 39.7. The summed E-state index contributed by atoms with van der Waals surface area (Å²) in [6, 6.07) is 20.5. The summed E-state index contributed by atoms with van der Waals surface area (Å²) in [5.41, 5.74) is 6.53. The van der Waals surface area contributed by atoms with Gasteiger partial charge in [-0.3, -0.25) is 24.1 Å². The van der Waals surface area contributed by atoms with Crippen LogP contribution in [0.25, 0.3) is 10.4 Å². The molecule has 0 radical (unpaired) electrons. The van der Waals surface area contributed by atoms with Gasteiger partial charge in [0.15, 0.2) is 0 Å². The molecule has 2 aromatic heterocycles. The number of nitrogens with zero attached hydrogens (tertiary/aromatic N) is 6. The number of thiazole rings is 1. The maximum Gasteiger partial charge on any atom is 0.246 e. The highest BCUT2D eigenvalue weighted by molar-refractivity contribution is 7.89. The lowest BCUT2D eigenvalue weighted by Crippen LogP contribution is -2.58. The van der Waals surface area contributed by atoms with Crippen molar-refractivity contribution in [2.24, 2.45) is 5.41 Å². The number of rotatable bonds is 23. The van der Waals surface area contributed by atoms with Crippen molar-refractivity contribution < 1.29 is 42.2 Å². The van der Waals surface area contributed by atoms with Gasteiger partial charge in [0.2, 0.25) is 39.6 Å². The van der Waals surface area contributed by atoms with Crippen LogP contribution in [0.4, 0.5) is 28.8 Å². The molecule has 21 nitrogen and oxygen atoms in total. The number of aliphatic hydroxyl groups excluding tert-OH is 1. The number of amides is 4. The van der Waals surface area contributed by atoms with E-state index < -0.39 is 51.0 Å². The lowest BCUT2D eigenvalue weighted by atomic mass is 9.85. The third-order valence-corrected chi connectivity index (χ3v) is 15.7. The van der Waals surface area contributed by atoms with Gasteiger partial charge in [-0.2, -0.15) is 4.98 Å². The summed E-state index contributed by atoms with van der Waals surface area (Å²) in [5.74, 6) is -0.555. The highest BCUT2D eigenvalue weighted by Gasteiger charge is 2.44. The highest BCUT2D eigenvalue weighted by atomic mass is 32.2. The lowest BCUT2D eigenvalue weighted by Gasteiger charge is -2.35. The normalized spacial score (nSPS) is 16.6. The minimum Gasteiger partial charge on any atom is -0.391 e. The number of aliphatic hydroxyl groups is 1. The quantitative estimate of drug-likeness (QED) is 0.0431. The molecule has 0 bridgehead atoms. The molecule has 0 unspecified atom stereocenters. The number of hydrogen-bond acceptors (Lipinski definition) is 17. The fourth-order valence-electron chi connectivity index (χ4n) is 8.91. The summed E-state index contributed by atoms with van der Waals surface area (Å²) in [4.78, 5) is 73.6. The number of aromatic nitrogens is 3. The first kappa shape index (κ1) is 59.1. The van der Waals surface area contributed by atoms with Gasteiger partial charge in [0, 0.05) is 86.6 Å². The molecular formula is C55H74N12O9S2. The maximum absolute atomic E-state index is 14.0. The second-order valence-electron chi connectivity index (χ2n) is 21.6. The van der Waals surface area contributed by atoms with E-state index in [2.05, 4.69) is 56.1 Å². The van der Waals surface area contributed by atoms with Gasteiger partial charge in [-0.1, -0.05) is 51.1 Å². The monoisotopic (exact) mass is 1110 g/mol. The Kier molecular flexibility index (Phi) is 20.0. The van der Waals surface area contributed by atoms with E-state index >= 15 is 0 Å². The second kappa shape index (κ2) is 26.4. The van der Waals surface area contributed by atoms with Gasteiger partial charge >= 0.3 is 0 Å². The van der Waals surface area contributed by atoms with Crippen LogP contribution < -0.4 is 36.2 Å². The van der Waals surface area contributed by atoms with Gasteiger partial charge in [0.05, 0.1) is 53.4 Å². The largest absolute Gasteiger partial charge is 0.391 e. The number of hydrogen-bond donors (Lipinski definition) is 7. The van der Waals surface area contributed by atoms with Gasteiger partial charge in [0.25, 0.3) is 0 Å². The van der Waals surface area contributed by atoms with Crippen molar-refractivity contribution in [2.45, 2.75) is 97.0 Å². The number of carbonyl (C=O) groups excluding carboxylic acids is 4. The summed E-state index contributed by atoms with van der Waals surface area (Å²) in [6.07, 6.45) is 0.888. The molecule has 78 heavy (non-hydrogen) atoms. The standard InChI is InChI=1S/C55H74N12O9S2/c1-36-30-58-53(63-50(36)60-41-10-9-11-44(28-41)78(73,74)64-55(6,7)8)61-40-16-18-42(19-17-40)66-23-21-65(22-24-66)33-46(69)56-20-25-75-26-27-76-34-47(70)62-49(54(3,4)5)52(72)67-32-43(68)29-45(67)51(71)57-31-38-12-14-39(15-13-38)48-37(2)59-35-77-48/h9-19,28,30,35,43,45,49,64,68H,20-27,29,31-34H2,1-8H3,(H,56,69)(H,57,71)(H,62,70)(H2,58,60,61,63)/t43-,45-,49+/m0/s1. The first-order valence-corrected chi connectivity index (χ1v) is 28.4. The van der Waals surface area contributed by atoms with Crippen LogP contribution in [-0.4, -0.2) is 158 Å². The minimum atomic E-state index is -3.72. The van der Waals surface area contributed by atoms with Gasteiger partial charge in [0.1, 0.15) is 24.5 Å². The summed E-state index contributed by atoms with van der Waals surface area (Å²) in [6.45, 7) is 18.6. The minimum absolute atomic E-state index is 0.0329. The number of benzene rings is 3. The van der Waals surface area contributed by atoms with Crippen LogP contribution in [0.15, 0.2) is 89.4 Å². The highest BCUT2D eigenvalue weighted by Crippen LogP contribution is 2.30. The molecule has 3 aromatic carbocycles. The molecule has 3 atom stereocenters. The number of nitrogens with one attached hydrogen (secondary N) is 6. The molecule has 2 saturated heterocycles. The van der Waals surface area contributed by atoms with Crippen LogP contribution in [0.1, 0.15) is 64.8 Å². The zero-order valence-electron chi connectivity index (χ0n) is 45.7. The number of β-amino-alcohol motifs (C(OH)–C–C–N with tert-alkyl or cyclic N) is 1. The molecule has 5 aromatic rings. The maximum atomic E-state index is 14.0. The van der Waals surface area contributed by atoms with Gasteiger partial charge in [-0.05, 0) is 93.6 Å². The van der Waals surface area contributed by atoms with E-state index in [1.54, 1.807) is 68.1 Å². The number of carbonyl (C=O) groups is 4. The first-order valence-electron chi connectivity index (χ1n) is 26.1. The molecule has 4 heterocycles. The predicted molar refractivity (Wildman–Crippen MR) is 301 cm³/mol. The van der Waals surface area contributed by atoms with Gasteiger partial charge < -0.3 is 51.0 Å². The first-order chi connectivity index (χ1) is 37.0. The number of likely N-dealkylation sites (tertiary alicyclic amines) is 1. The van der Waals surface area contributed by atoms with Crippen molar-refractivity contribution in [2.75, 3.05) is 87.8 Å². The van der Waals surface area contributed by atoms with Crippen LogP contribution in [-0.2, 0) is 45.2 Å². The Bertz CT molecular complexity index is 2960. The molecule has 420 valence electrons. The molecule has 7 rings (SSSR count). The van der Waals surface area contributed by atoms with Crippen LogP contribution in [0.5, 0.6) is 0 Å². The van der Waals surface area contributed by atoms with Crippen LogP contribution >= 0.6 is 11.3 Å². The van der Waals surface area contributed by atoms with Crippen molar-refractivity contribution in [3.05, 3.63) is 101 Å². The molecule has 4 amide bonds. The van der Waals surface area contributed by atoms with Crippen molar-refractivity contribution >= 4 is 73.8 Å². The molecule has 2 fully saturated rings. The van der Waals surface area contributed by atoms with E-state index in [1.165, 1.54) is 4.90 Å². The fraction of sp³-hybridized carbons (Fsp3) is 0.473. The average molecular weight is 1110 g/mol. The Labute approximate surface area is 461 Å². The van der Waals surface area contributed by atoms with Crippen molar-refractivity contribution in [1.29, 1.82) is 0 Å². The Morgan fingerprint density at radius 2 is 1.55 bits per heavy atom. The van der Waals surface area contributed by atoms with E-state index in [9.17, 15) is 32.7 Å². The van der Waals surface area contributed by atoms with Crippen molar-refractivity contribution in [3.8, 4) is 10.4 Å². The summed E-state index contributed by atoms with van der Waals surface area (Å²) in [5, 5.41) is 25.7. The average Bonchev–Trinajstić information content (AvgIpc) is 4.01. The number of sulfonamides is 1. The molecule has 0 aliphatic carbocycles. The van der Waals surface area contributed by atoms with E-state index in [0.29, 0.717) is 37.1 Å². The lowest BCUT2D eigenvalue weighted by molar-refractivity contribution is -0.144. The summed E-state index contributed by atoms with van der Waals surface area (Å²) >= 11 is 1.57. The molecule has 0 spiro atoms. The Morgan fingerprint density at radius 3 is 2.23 bits per heavy atom. The number of ether oxygens (including phenoxy) is 2. The molecular weight excluding hydrogens is 1040 g/mol. The van der Waals surface area contributed by atoms with Gasteiger partial charge in [-0.25, -0.2) is 23.1 Å². The summed E-state index contributed by atoms with van der Waals surface area (Å²) in [7, 11) is -3.72. The van der Waals surface area contributed by atoms with Gasteiger partial charge in [-0.15, -0.1) is 11.3 Å². The third kappa shape index (κ3) is 17.0. The second-order valence-corrected chi connectivity index (χ2v) is 24.2. The zero-order chi connectivity index (χ0) is 56.2. The van der Waals surface area contributed by atoms with Crippen molar-refractivity contribution in [1.82, 2.24) is 45.4 Å². The predicted octanol–water partition coefficient (Wildman–Crippen LogP) is 4.86. The van der Waals surface area contributed by atoms with Crippen LogP contribution in [0.2, 0.25) is 0 Å². The van der Waals surface area contributed by atoms with Crippen LogP contribution in [0.3, 0.4) is 0 Å². The number of piperazine rings is 1. The Hall–Kier alpha value is -6.60. The third-order valence-electron chi connectivity index (χ3n) is 12.9. The SMILES string of the molecule is Cc1cnc(Nc2ccc(N3CCN(CC(=O)NCCOCCOCC(=O)N[C@H](C(=O)N4C[C@@H](O)C[C@H]4C(=O)NCc4ccc(-c5scnc5C)cc4)C(C)(C)C)CC3)cc2)nc1Nc1cccc(S(=O)(=O)NC(C)(C)C)c1. The molecule has 2 aliphatic heterocycles. The Morgan fingerprint density at radius 1 is 0.833 bits per heavy atom. The topological polar surface area (TPSA) is 262 Å². The van der Waals surface area contributed by atoms with E-state index in [4.69, 9.17) is 9.47 Å². The number of aryl methyl sites for hydroxylation is 2. The van der Waals surface area contributed by atoms with Crippen LogP contribution in [0, 0.1) is 19.3 Å². The molecule has 0 saturated carbocycles. The fourth-order valence-corrected chi connectivity index (χ4v) is 11.2.